The van der Waals surface area contributed by atoms with E-state index in [4.69, 9.17) is 5.26 Å². The monoisotopic (exact) mass is 224 g/mol. The van der Waals surface area contributed by atoms with Crippen LogP contribution in [0.3, 0.4) is 0 Å². The summed E-state index contributed by atoms with van der Waals surface area (Å²) in [5, 5.41) is 8.28. The number of hydrogen-bond donors (Lipinski definition) is 0. The lowest BCUT2D eigenvalue weighted by molar-refractivity contribution is 0.501. The summed E-state index contributed by atoms with van der Waals surface area (Å²) in [7, 11) is 0. The molecule has 16 heavy (non-hydrogen) atoms. The van der Waals surface area contributed by atoms with Gasteiger partial charge in [-0.2, -0.15) is 5.26 Å². The van der Waals surface area contributed by atoms with Gasteiger partial charge >= 0.3 is 6.98 Å². The first-order valence-corrected chi connectivity index (χ1v) is 4.87. The van der Waals surface area contributed by atoms with Crippen LogP contribution in [0.1, 0.15) is 18.4 Å². The zero-order chi connectivity index (χ0) is 12.0. The second-order valence-corrected chi connectivity index (χ2v) is 3.34. The number of nitriles is 1. The third-order valence-corrected chi connectivity index (χ3v) is 2.05. The van der Waals surface area contributed by atoms with E-state index in [1.807, 2.05) is 6.07 Å². The van der Waals surface area contributed by atoms with Crippen LogP contribution in [-0.4, -0.2) is 6.98 Å². The molecule has 0 saturated heterocycles. The molecular formula is C11H10BF3N-. The number of nitrogens with zero attached hydrogens (tertiary/aromatic N) is 1. The normalized spacial score (nSPS) is 11.6. The predicted molar refractivity (Wildman–Crippen MR) is 59.0 cm³/mol. The third-order valence-electron chi connectivity index (χ3n) is 2.05. The molecule has 0 atom stereocenters. The van der Waals surface area contributed by atoms with Gasteiger partial charge in [0.2, 0.25) is 0 Å². The van der Waals surface area contributed by atoms with E-state index in [9.17, 15) is 12.9 Å². The van der Waals surface area contributed by atoms with Crippen molar-refractivity contribution in [3.63, 3.8) is 0 Å². The minimum Gasteiger partial charge on any atom is -0.445 e. The van der Waals surface area contributed by atoms with Gasteiger partial charge in [0.05, 0.1) is 6.07 Å². The zero-order valence-corrected chi connectivity index (χ0v) is 8.54. The highest BCUT2D eigenvalue weighted by Crippen LogP contribution is 2.10. The topological polar surface area (TPSA) is 23.8 Å². The summed E-state index contributed by atoms with van der Waals surface area (Å²) in [5.41, 5.74) is 0.121. The molecular weight excluding hydrogens is 214 g/mol. The Morgan fingerprint density at radius 1 is 1.19 bits per heavy atom. The van der Waals surface area contributed by atoms with E-state index in [-0.39, 0.29) is 0 Å². The summed E-state index contributed by atoms with van der Waals surface area (Å²) < 4.78 is 36.8. The van der Waals surface area contributed by atoms with Crippen LogP contribution < -0.4 is 5.46 Å². The van der Waals surface area contributed by atoms with Crippen LogP contribution in [-0.2, 0) is 0 Å². The Balaban J connectivity index is 2.66. The van der Waals surface area contributed by atoms with Crippen molar-refractivity contribution in [1.82, 2.24) is 0 Å². The minimum absolute atomic E-state index is 0.417. The van der Waals surface area contributed by atoms with Gasteiger partial charge in [0.25, 0.3) is 0 Å². The number of halogens is 3. The molecule has 0 aliphatic heterocycles. The van der Waals surface area contributed by atoms with Crippen molar-refractivity contribution in [3.05, 3.63) is 35.9 Å². The number of rotatable bonds is 4. The van der Waals surface area contributed by atoms with Crippen LogP contribution in [0.5, 0.6) is 0 Å². The number of unbranched alkanes of at least 4 members (excludes halogenated alkanes) is 1. The molecule has 0 aliphatic carbocycles. The molecule has 1 nitrogen and oxygen atoms in total. The number of allylic oxidation sites excluding steroid dienone is 1. The van der Waals surface area contributed by atoms with Gasteiger partial charge in [0, 0.05) is 6.42 Å². The minimum atomic E-state index is -4.91. The first-order valence-electron chi connectivity index (χ1n) is 4.87. The molecule has 0 amide bonds. The summed E-state index contributed by atoms with van der Waals surface area (Å²) in [6.45, 7) is -4.91. The van der Waals surface area contributed by atoms with Gasteiger partial charge in [-0.1, -0.05) is 36.4 Å². The summed E-state index contributed by atoms with van der Waals surface area (Å²) in [4.78, 5) is 0. The van der Waals surface area contributed by atoms with Gasteiger partial charge in [-0.3, -0.25) is 0 Å². The summed E-state index contributed by atoms with van der Waals surface area (Å²) in [6, 6.07) is 6.98. The van der Waals surface area contributed by atoms with Crippen molar-refractivity contribution < 1.29 is 12.9 Å². The third kappa shape index (κ3) is 3.81. The van der Waals surface area contributed by atoms with Crippen LogP contribution in [0.4, 0.5) is 12.9 Å². The fourth-order valence-corrected chi connectivity index (χ4v) is 1.19. The SMILES string of the molecule is N#CCC/C=C\c1ccc([B-](F)(F)F)cc1. The Labute approximate surface area is 92.3 Å². The Hall–Kier alpha value is -1.70. The summed E-state index contributed by atoms with van der Waals surface area (Å²) in [5.74, 6) is 0. The van der Waals surface area contributed by atoms with Crippen molar-refractivity contribution in [2.24, 2.45) is 0 Å². The summed E-state index contributed by atoms with van der Waals surface area (Å²) >= 11 is 0. The fraction of sp³-hybridized carbons (Fsp3) is 0.182. The molecule has 0 radical (unpaired) electrons. The maximum Gasteiger partial charge on any atom is 0.509 e. The van der Waals surface area contributed by atoms with E-state index in [0.717, 1.165) is 12.1 Å². The molecule has 1 aromatic rings. The van der Waals surface area contributed by atoms with Gasteiger partial charge in [0.1, 0.15) is 0 Å². The van der Waals surface area contributed by atoms with E-state index in [1.165, 1.54) is 12.1 Å². The van der Waals surface area contributed by atoms with Gasteiger partial charge in [-0.15, -0.1) is 5.46 Å². The first kappa shape index (κ1) is 12.4. The first-order chi connectivity index (χ1) is 7.54. The van der Waals surface area contributed by atoms with Gasteiger partial charge in [-0.05, 0) is 12.0 Å². The Bertz CT molecular complexity index is 401. The largest absolute Gasteiger partial charge is 0.509 e. The fourth-order valence-electron chi connectivity index (χ4n) is 1.19. The highest BCUT2D eigenvalue weighted by molar-refractivity contribution is 6.73. The molecule has 0 heterocycles. The van der Waals surface area contributed by atoms with Crippen molar-refractivity contribution in [3.8, 4) is 6.07 Å². The predicted octanol–water partition coefficient (Wildman–Crippen LogP) is 3.06. The Morgan fingerprint density at radius 3 is 2.31 bits per heavy atom. The molecule has 0 unspecified atom stereocenters. The average Bonchev–Trinajstić information content (AvgIpc) is 2.24. The van der Waals surface area contributed by atoms with Crippen molar-refractivity contribution in [2.75, 3.05) is 0 Å². The van der Waals surface area contributed by atoms with Crippen LogP contribution >= 0.6 is 0 Å². The van der Waals surface area contributed by atoms with Gasteiger partial charge in [0.15, 0.2) is 0 Å². The Kier molecular flexibility index (Phi) is 4.18. The molecule has 5 heteroatoms. The maximum atomic E-state index is 12.3. The van der Waals surface area contributed by atoms with E-state index >= 15 is 0 Å². The van der Waals surface area contributed by atoms with Gasteiger partial charge < -0.3 is 12.9 Å². The van der Waals surface area contributed by atoms with Crippen molar-refractivity contribution in [1.29, 1.82) is 5.26 Å². The highest BCUT2D eigenvalue weighted by atomic mass is 19.4. The molecule has 0 saturated carbocycles. The second kappa shape index (κ2) is 5.41. The lowest BCUT2D eigenvalue weighted by Gasteiger charge is -2.14. The van der Waals surface area contributed by atoms with E-state index in [1.54, 1.807) is 12.2 Å². The summed E-state index contributed by atoms with van der Waals surface area (Å²) in [6.07, 6.45) is 4.52. The quantitative estimate of drug-likeness (QED) is 0.569. The van der Waals surface area contributed by atoms with E-state index in [2.05, 4.69) is 0 Å². The standard InChI is InChI=1S/C11H10BF3N/c13-12(14,15)11-7-5-10(6-8-11)4-2-1-3-9-16/h2,4-8H,1,3H2/q-1/b4-2-. The molecule has 1 rings (SSSR count). The molecule has 0 N–H and O–H groups in total. The molecule has 84 valence electrons. The van der Waals surface area contributed by atoms with Crippen LogP contribution in [0.15, 0.2) is 30.3 Å². The number of benzene rings is 1. The van der Waals surface area contributed by atoms with Gasteiger partial charge in [-0.25, -0.2) is 0 Å². The van der Waals surface area contributed by atoms with Crippen LogP contribution in [0.2, 0.25) is 0 Å². The van der Waals surface area contributed by atoms with Crippen LogP contribution in [0, 0.1) is 11.3 Å². The smallest absolute Gasteiger partial charge is 0.445 e. The maximum absolute atomic E-state index is 12.3. The molecule has 0 fully saturated rings. The van der Waals surface area contributed by atoms with E-state index < -0.39 is 12.4 Å². The molecule has 1 aromatic carbocycles. The highest BCUT2D eigenvalue weighted by Gasteiger charge is 2.24. The molecule has 0 aliphatic rings. The van der Waals surface area contributed by atoms with E-state index in [0.29, 0.717) is 18.4 Å². The zero-order valence-electron chi connectivity index (χ0n) is 8.54. The second-order valence-electron chi connectivity index (χ2n) is 3.34. The molecule has 0 bridgehead atoms. The Morgan fingerprint density at radius 2 is 1.81 bits per heavy atom. The van der Waals surface area contributed by atoms with Crippen LogP contribution in [0.25, 0.3) is 6.08 Å². The molecule has 0 aromatic heterocycles. The lowest BCUT2D eigenvalue weighted by Crippen LogP contribution is -2.33. The number of hydrogen-bond acceptors (Lipinski definition) is 1. The molecule has 0 spiro atoms. The van der Waals surface area contributed by atoms with Crippen molar-refractivity contribution in [2.45, 2.75) is 12.8 Å². The average molecular weight is 224 g/mol. The lowest BCUT2D eigenvalue weighted by atomic mass is 9.80. The van der Waals surface area contributed by atoms with Crippen molar-refractivity contribution >= 4 is 18.5 Å².